The molecule has 0 bridgehead atoms. The molecule has 0 saturated heterocycles. The largest absolute Gasteiger partial charge is 0.391 e. The van der Waals surface area contributed by atoms with E-state index in [1.54, 1.807) is 0 Å². The number of rotatable bonds is 3. The highest BCUT2D eigenvalue weighted by Crippen LogP contribution is 2.37. The van der Waals surface area contributed by atoms with Crippen LogP contribution in [-0.4, -0.2) is 23.7 Å². The summed E-state index contributed by atoms with van der Waals surface area (Å²) in [4.78, 5) is 12.0. The zero-order chi connectivity index (χ0) is 15.5. The Balaban J connectivity index is 1.74. The summed E-state index contributed by atoms with van der Waals surface area (Å²) in [5.74, 6) is -1.31. The zero-order valence-corrected chi connectivity index (χ0v) is 12.3. The van der Waals surface area contributed by atoms with E-state index in [4.69, 9.17) is 5.73 Å². The number of amides is 1. The predicted molar refractivity (Wildman–Crippen MR) is 74.6 cm³/mol. The number of nitrogens with one attached hydrogen (secondary N) is 1. The van der Waals surface area contributed by atoms with E-state index in [1.807, 2.05) is 0 Å². The molecule has 6 heteroatoms. The van der Waals surface area contributed by atoms with Crippen LogP contribution in [0, 0.1) is 5.92 Å². The number of hydrogen-bond donors (Lipinski definition) is 2. The van der Waals surface area contributed by atoms with Crippen LogP contribution in [0.4, 0.5) is 13.2 Å². The Morgan fingerprint density at radius 3 is 2.19 bits per heavy atom. The van der Waals surface area contributed by atoms with Crippen LogP contribution in [0.1, 0.15) is 64.2 Å². The van der Waals surface area contributed by atoms with Crippen LogP contribution in [0.15, 0.2) is 0 Å². The number of hydrogen-bond acceptors (Lipinski definition) is 2. The summed E-state index contributed by atoms with van der Waals surface area (Å²) in [5, 5.41) is 2.88. The summed E-state index contributed by atoms with van der Waals surface area (Å²) in [5.41, 5.74) is 5.82. The van der Waals surface area contributed by atoms with Gasteiger partial charge >= 0.3 is 6.18 Å². The molecule has 0 heterocycles. The van der Waals surface area contributed by atoms with Crippen molar-refractivity contribution in [2.45, 2.75) is 82.0 Å². The Bertz CT molecular complexity index is 356. The molecule has 2 fully saturated rings. The Morgan fingerprint density at radius 2 is 1.67 bits per heavy atom. The van der Waals surface area contributed by atoms with Crippen LogP contribution in [0.5, 0.6) is 0 Å². The van der Waals surface area contributed by atoms with Crippen LogP contribution in [0.3, 0.4) is 0 Å². The molecule has 0 aliphatic heterocycles. The van der Waals surface area contributed by atoms with Gasteiger partial charge in [0, 0.05) is 18.0 Å². The van der Waals surface area contributed by atoms with Crippen molar-refractivity contribution >= 4 is 5.91 Å². The Hall–Kier alpha value is -0.780. The lowest BCUT2D eigenvalue weighted by atomic mass is 9.79. The van der Waals surface area contributed by atoms with Crippen molar-refractivity contribution in [2.24, 2.45) is 11.7 Å². The van der Waals surface area contributed by atoms with Crippen molar-refractivity contribution in [1.29, 1.82) is 0 Å². The van der Waals surface area contributed by atoms with Crippen LogP contribution in [0.2, 0.25) is 0 Å². The molecule has 21 heavy (non-hydrogen) atoms. The first-order valence-electron chi connectivity index (χ1n) is 7.93. The highest BCUT2D eigenvalue weighted by molar-refractivity contribution is 5.77. The molecule has 3 N–H and O–H groups in total. The molecule has 0 atom stereocenters. The SMILES string of the molecule is NC1(CC(=O)NC2CCC(C(F)(F)F)CC2)CCCCC1. The van der Waals surface area contributed by atoms with Crippen LogP contribution >= 0.6 is 0 Å². The van der Waals surface area contributed by atoms with Crippen molar-refractivity contribution in [3.05, 3.63) is 0 Å². The lowest BCUT2D eigenvalue weighted by molar-refractivity contribution is -0.182. The standard InChI is InChI=1S/C15H25F3N2O/c16-15(17,18)11-4-6-12(7-5-11)20-13(21)10-14(19)8-2-1-3-9-14/h11-12H,1-10,19H2,(H,20,21). The fourth-order valence-corrected chi connectivity index (χ4v) is 3.60. The fraction of sp³-hybridized carbons (Fsp3) is 0.933. The molecule has 0 unspecified atom stereocenters. The summed E-state index contributed by atoms with van der Waals surface area (Å²) in [7, 11) is 0. The summed E-state index contributed by atoms with van der Waals surface area (Å²) >= 11 is 0. The number of alkyl halides is 3. The minimum absolute atomic E-state index is 0.102. The summed E-state index contributed by atoms with van der Waals surface area (Å²) in [6.45, 7) is 0. The number of carbonyl (C=O) groups excluding carboxylic acids is 1. The Kier molecular flexibility index (Phi) is 5.17. The molecular weight excluding hydrogens is 281 g/mol. The quantitative estimate of drug-likeness (QED) is 0.841. The Morgan fingerprint density at radius 1 is 1.10 bits per heavy atom. The third-order valence-corrected chi connectivity index (χ3v) is 4.92. The van der Waals surface area contributed by atoms with Crippen molar-refractivity contribution in [3.8, 4) is 0 Å². The second-order valence-corrected chi connectivity index (χ2v) is 6.76. The van der Waals surface area contributed by atoms with Gasteiger partial charge in [0.25, 0.3) is 0 Å². The second-order valence-electron chi connectivity index (χ2n) is 6.76. The van der Waals surface area contributed by atoms with Crippen molar-refractivity contribution in [2.75, 3.05) is 0 Å². The van der Waals surface area contributed by atoms with E-state index >= 15 is 0 Å². The van der Waals surface area contributed by atoms with Gasteiger partial charge in [0.05, 0.1) is 5.92 Å². The van der Waals surface area contributed by atoms with E-state index < -0.39 is 17.6 Å². The molecule has 2 aliphatic carbocycles. The average molecular weight is 306 g/mol. The van der Waals surface area contributed by atoms with Crippen LogP contribution < -0.4 is 11.1 Å². The first-order chi connectivity index (χ1) is 9.78. The second kappa shape index (κ2) is 6.55. The van der Waals surface area contributed by atoms with Crippen LogP contribution in [0.25, 0.3) is 0 Å². The van der Waals surface area contributed by atoms with Gasteiger partial charge in [-0.1, -0.05) is 19.3 Å². The maximum Gasteiger partial charge on any atom is 0.391 e. The molecule has 0 radical (unpaired) electrons. The highest BCUT2D eigenvalue weighted by atomic mass is 19.4. The normalized spacial score (nSPS) is 29.9. The first kappa shape index (κ1) is 16.6. The zero-order valence-electron chi connectivity index (χ0n) is 12.3. The molecule has 2 rings (SSSR count). The molecule has 0 aromatic heterocycles. The summed E-state index contributed by atoms with van der Waals surface area (Å²) in [6, 6.07) is -0.122. The molecule has 3 nitrogen and oxygen atoms in total. The topological polar surface area (TPSA) is 55.1 Å². The highest BCUT2D eigenvalue weighted by Gasteiger charge is 2.41. The lowest BCUT2D eigenvalue weighted by Crippen LogP contribution is -2.48. The van der Waals surface area contributed by atoms with Gasteiger partial charge in [-0.25, -0.2) is 0 Å². The number of halogens is 3. The first-order valence-corrected chi connectivity index (χ1v) is 7.93. The van der Waals surface area contributed by atoms with E-state index in [0.29, 0.717) is 19.3 Å². The average Bonchev–Trinajstić information content (AvgIpc) is 2.38. The van der Waals surface area contributed by atoms with Crippen molar-refractivity contribution < 1.29 is 18.0 Å². The number of nitrogens with two attached hydrogens (primary N) is 1. The molecule has 122 valence electrons. The van der Waals surface area contributed by atoms with E-state index in [9.17, 15) is 18.0 Å². The minimum atomic E-state index is -4.10. The van der Waals surface area contributed by atoms with Crippen LogP contribution in [-0.2, 0) is 4.79 Å². The maximum atomic E-state index is 12.6. The van der Waals surface area contributed by atoms with Gasteiger partial charge < -0.3 is 11.1 Å². The van der Waals surface area contributed by atoms with E-state index in [1.165, 1.54) is 6.42 Å². The monoisotopic (exact) mass is 306 g/mol. The lowest BCUT2D eigenvalue weighted by Gasteiger charge is -2.34. The molecule has 0 aromatic rings. The fourth-order valence-electron chi connectivity index (χ4n) is 3.60. The molecule has 1 amide bonds. The van der Waals surface area contributed by atoms with Gasteiger partial charge in [0.2, 0.25) is 5.91 Å². The molecule has 2 saturated carbocycles. The molecular formula is C15H25F3N2O. The predicted octanol–water partition coefficient (Wildman–Crippen LogP) is 3.28. The van der Waals surface area contributed by atoms with E-state index in [2.05, 4.69) is 5.32 Å². The van der Waals surface area contributed by atoms with Gasteiger partial charge in [0.1, 0.15) is 0 Å². The van der Waals surface area contributed by atoms with Crippen molar-refractivity contribution in [1.82, 2.24) is 5.32 Å². The third kappa shape index (κ3) is 4.87. The summed E-state index contributed by atoms with van der Waals surface area (Å²) in [6.07, 6.45) is 2.25. The van der Waals surface area contributed by atoms with Crippen molar-refractivity contribution in [3.63, 3.8) is 0 Å². The van der Waals surface area contributed by atoms with Gasteiger partial charge in [0.15, 0.2) is 0 Å². The maximum absolute atomic E-state index is 12.6. The summed E-state index contributed by atoms with van der Waals surface area (Å²) < 4.78 is 37.8. The van der Waals surface area contributed by atoms with E-state index in [-0.39, 0.29) is 24.8 Å². The van der Waals surface area contributed by atoms with E-state index in [0.717, 1.165) is 25.7 Å². The molecule has 2 aliphatic rings. The third-order valence-electron chi connectivity index (χ3n) is 4.92. The van der Waals surface area contributed by atoms with Gasteiger partial charge in [-0.2, -0.15) is 13.2 Å². The Labute approximate surface area is 123 Å². The molecule has 0 spiro atoms. The van der Waals surface area contributed by atoms with Gasteiger partial charge in [-0.05, 0) is 38.5 Å². The van der Waals surface area contributed by atoms with Gasteiger partial charge in [-0.3, -0.25) is 4.79 Å². The number of carbonyl (C=O) groups is 1. The minimum Gasteiger partial charge on any atom is -0.353 e. The van der Waals surface area contributed by atoms with Gasteiger partial charge in [-0.15, -0.1) is 0 Å². The molecule has 0 aromatic carbocycles. The smallest absolute Gasteiger partial charge is 0.353 e.